The molecule has 2 nitrogen and oxygen atoms in total. The number of benzene rings is 1. The van der Waals surface area contributed by atoms with Crippen molar-refractivity contribution in [2.45, 2.75) is 45.1 Å². The first kappa shape index (κ1) is 15.0. The zero-order valence-corrected chi connectivity index (χ0v) is 13.2. The SMILES string of the molecule is CC(C)C(=O)C1(n2cccc2-c2ccc(F)cc2)CCCC1. The lowest BCUT2D eigenvalue weighted by Gasteiger charge is -2.33. The van der Waals surface area contributed by atoms with E-state index in [0.29, 0.717) is 5.78 Å². The van der Waals surface area contributed by atoms with Crippen LogP contribution in [0.25, 0.3) is 11.3 Å². The summed E-state index contributed by atoms with van der Waals surface area (Å²) in [6.07, 6.45) is 5.96. The Morgan fingerprint density at radius 2 is 1.77 bits per heavy atom. The number of Topliss-reactive ketones (excluding diaryl/α,β-unsaturated/α-hetero) is 1. The third-order valence-corrected chi connectivity index (χ3v) is 4.76. The molecule has 1 fully saturated rings. The quantitative estimate of drug-likeness (QED) is 0.795. The molecule has 1 aromatic carbocycles. The minimum atomic E-state index is -0.429. The molecule has 1 heterocycles. The van der Waals surface area contributed by atoms with Gasteiger partial charge in [0.1, 0.15) is 11.4 Å². The molecule has 3 rings (SSSR count). The van der Waals surface area contributed by atoms with Gasteiger partial charge in [0, 0.05) is 17.8 Å². The van der Waals surface area contributed by atoms with E-state index in [2.05, 4.69) is 4.57 Å². The van der Waals surface area contributed by atoms with Crippen LogP contribution >= 0.6 is 0 Å². The third-order valence-electron chi connectivity index (χ3n) is 4.76. The fraction of sp³-hybridized carbons (Fsp3) is 0.421. The number of carbonyl (C=O) groups excluding carboxylic acids is 1. The number of nitrogens with zero attached hydrogens (tertiary/aromatic N) is 1. The molecule has 1 aliphatic rings. The summed E-state index contributed by atoms with van der Waals surface area (Å²) < 4.78 is 15.3. The molecule has 0 radical (unpaired) electrons. The average molecular weight is 299 g/mol. The number of ketones is 1. The van der Waals surface area contributed by atoms with Gasteiger partial charge in [0.2, 0.25) is 0 Å². The van der Waals surface area contributed by atoms with Crippen LogP contribution in [0.1, 0.15) is 39.5 Å². The van der Waals surface area contributed by atoms with Gasteiger partial charge in [-0.05, 0) is 54.8 Å². The van der Waals surface area contributed by atoms with Crippen molar-refractivity contribution in [3.63, 3.8) is 0 Å². The molecule has 0 unspecified atom stereocenters. The van der Waals surface area contributed by atoms with Crippen LogP contribution in [-0.4, -0.2) is 10.4 Å². The van der Waals surface area contributed by atoms with E-state index >= 15 is 0 Å². The molecule has 1 aromatic heterocycles. The molecule has 0 spiro atoms. The molecule has 116 valence electrons. The summed E-state index contributed by atoms with van der Waals surface area (Å²) in [4.78, 5) is 12.9. The first-order valence-electron chi connectivity index (χ1n) is 8.03. The van der Waals surface area contributed by atoms with Crippen molar-refractivity contribution < 1.29 is 9.18 Å². The normalized spacial score (nSPS) is 17.1. The predicted octanol–water partition coefficient (Wildman–Crippen LogP) is 4.79. The summed E-state index contributed by atoms with van der Waals surface area (Å²) in [6.45, 7) is 3.95. The van der Waals surface area contributed by atoms with Crippen LogP contribution in [0.15, 0.2) is 42.6 Å². The Labute approximate surface area is 131 Å². The molecule has 1 aliphatic carbocycles. The van der Waals surface area contributed by atoms with Crippen molar-refractivity contribution in [1.29, 1.82) is 0 Å². The highest BCUT2D eigenvalue weighted by Crippen LogP contribution is 2.42. The highest BCUT2D eigenvalue weighted by Gasteiger charge is 2.44. The van der Waals surface area contributed by atoms with E-state index in [1.54, 1.807) is 12.1 Å². The van der Waals surface area contributed by atoms with Crippen LogP contribution in [-0.2, 0) is 10.3 Å². The minimum Gasteiger partial charge on any atom is -0.334 e. The molecule has 0 N–H and O–H groups in total. The van der Waals surface area contributed by atoms with Crippen molar-refractivity contribution in [3.05, 3.63) is 48.4 Å². The van der Waals surface area contributed by atoms with Crippen LogP contribution in [0, 0.1) is 11.7 Å². The Morgan fingerprint density at radius 3 is 2.36 bits per heavy atom. The number of halogens is 1. The Hall–Kier alpha value is -1.90. The van der Waals surface area contributed by atoms with E-state index in [1.807, 2.05) is 32.2 Å². The van der Waals surface area contributed by atoms with Gasteiger partial charge in [-0.2, -0.15) is 0 Å². The maximum atomic E-state index is 13.2. The molecule has 0 saturated heterocycles. The largest absolute Gasteiger partial charge is 0.334 e. The van der Waals surface area contributed by atoms with Gasteiger partial charge in [-0.3, -0.25) is 4.79 Å². The van der Waals surface area contributed by atoms with E-state index in [9.17, 15) is 9.18 Å². The summed E-state index contributed by atoms with van der Waals surface area (Å²) in [7, 11) is 0. The molecular formula is C19H22FNO. The van der Waals surface area contributed by atoms with Crippen LogP contribution in [0.3, 0.4) is 0 Å². The molecule has 0 bridgehead atoms. The molecule has 2 aromatic rings. The average Bonchev–Trinajstić information content (AvgIpc) is 3.16. The smallest absolute Gasteiger partial charge is 0.161 e. The van der Waals surface area contributed by atoms with Gasteiger partial charge in [0.15, 0.2) is 5.78 Å². The molecule has 0 amide bonds. The summed E-state index contributed by atoms with van der Waals surface area (Å²) >= 11 is 0. The monoisotopic (exact) mass is 299 g/mol. The maximum absolute atomic E-state index is 13.2. The van der Waals surface area contributed by atoms with Gasteiger partial charge in [0.25, 0.3) is 0 Å². The van der Waals surface area contributed by atoms with Gasteiger partial charge in [-0.15, -0.1) is 0 Å². The lowest BCUT2D eigenvalue weighted by Crippen LogP contribution is -2.41. The van der Waals surface area contributed by atoms with Crippen molar-refractivity contribution in [2.75, 3.05) is 0 Å². The Morgan fingerprint density at radius 1 is 1.14 bits per heavy atom. The van der Waals surface area contributed by atoms with E-state index < -0.39 is 5.54 Å². The van der Waals surface area contributed by atoms with Crippen LogP contribution in [0.5, 0.6) is 0 Å². The standard InChI is InChI=1S/C19H22FNO/c1-14(2)18(22)19(11-3-4-12-19)21-13-5-6-17(21)15-7-9-16(20)10-8-15/h5-10,13-14H,3-4,11-12H2,1-2H3. The van der Waals surface area contributed by atoms with Gasteiger partial charge < -0.3 is 4.57 Å². The number of aromatic nitrogens is 1. The van der Waals surface area contributed by atoms with E-state index in [0.717, 1.165) is 36.9 Å². The zero-order chi connectivity index (χ0) is 15.7. The second kappa shape index (κ2) is 5.71. The van der Waals surface area contributed by atoms with Crippen LogP contribution in [0.4, 0.5) is 4.39 Å². The summed E-state index contributed by atoms with van der Waals surface area (Å²) in [5.41, 5.74) is 1.52. The number of hydrogen-bond acceptors (Lipinski definition) is 1. The molecule has 3 heteroatoms. The number of rotatable bonds is 4. The minimum absolute atomic E-state index is 0.0153. The molecule has 22 heavy (non-hydrogen) atoms. The molecule has 0 atom stereocenters. The van der Waals surface area contributed by atoms with Gasteiger partial charge in [-0.25, -0.2) is 4.39 Å². The van der Waals surface area contributed by atoms with E-state index in [-0.39, 0.29) is 11.7 Å². The van der Waals surface area contributed by atoms with Crippen molar-refractivity contribution in [2.24, 2.45) is 5.92 Å². The third kappa shape index (κ3) is 2.39. The molecule has 1 saturated carbocycles. The second-order valence-corrected chi connectivity index (χ2v) is 6.53. The molecular weight excluding hydrogens is 277 g/mol. The maximum Gasteiger partial charge on any atom is 0.161 e. The van der Waals surface area contributed by atoms with Gasteiger partial charge >= 0.3 is 0 Å². The predicted molar refractivity (Wildman–Crippen MR) is 86.1 cm³/mol. The second-order valence-electron chi connectivity index (χ2n) is 6.53. The zero-order valence-electron chi connectivity index (χ0n) is 13.2. The highest BCUT2D eigenvalue weighted by atomic mass is 19.1. The Balaban J connectivity index is 2.09. The van der Waals surface area contributed by atoms with Crippen LogP contribution in [0.2, 0.25) is 0 Å². The Kier molecular flexibility index (Phi) is 3.90. The first-order valence-corrected chi connectivity index (χ1v) is 8.03. The fourth-order valence-electron chi connectivity index (χ4n) is 3.71. The summed E-state index contributed by atoms with van der Waals surface area (Å²) in [5.74, 6) is 0.0850. The Bertz CT molecular complexity index is 663. The van der Waals surface area contributed by atoms with Crippen molar-refractivity contribution in [1.82, 2.24) is 4.57 Å². The first-order chi connectivity index (χ1) is 10.5. The number of carbonyl (C=O) groups is 1. The van der Waals surface area contributed by atoms with Gasteiger partial charge in [-0.1, -0.05) is 26.7 Å². The number of hydrogen-bond donors (Lipinski definition) is 0. The fourth-order valence-corrected chi connectivity index (χ4v) is 3.71. The lowest BCUT2D eigenvalue weighted by atomic mass is 9.85. The summed E-state index contributed by atoms with van der Waals surface area (Å²) in [5, 5.41) is 0. The topological polar surface area (TPSA) is 22.0 Å². The van der Waals surface area contributed by atoms with Gasteiger partial charge in [0.05, 0.1) is 0 Å². The van der Waals surface area contributed by atoms with E-state index in [4.69, 9.17) is 0 Å². The molecule has 0 aliphatic heterocycles. The van der Waals surface area contributed by atoms with Crippen molar-refractivity contribution in [3.8, 4) is 11.3 Å². The van der Waals surface area contributed by atoms with Crippen molar-refractivity contribution >= 4 is 5.78 Å². The highest BCUT2D eigenvalue weighted by molar-refractivity contribution is 5.89. The van der Waals surface area contributed by atoms with Crippen LogP contribution < -0.4 is 0 Å². The lowest BCUT2D eigenvalue weighted by molar-refractivity contribution is -0.130. The van der Waals surface area contributed by atoms with E-state index in [1.165, 1.54) is 12.1 Å². The summed E-state index contributed by atoms with van der Waals surface area (Å²) in [6, 6.07) is 10.5.